The Hall–Kier alpha value is -6.26. The summed E-state index contributed by atoms with van der Waals surface area (Å²) in [4.78, 5) is 19.9. The highest BCUT2D eigenvalue weighted by Crippen LogP contribution is 2.34. The first-order valence-electron chi connectivity index (χ1n) is 17.1. The molecule has 242 valence electrons. The maximum Gasteiger partial charge on any atom is 0.164 e. The molecular weight excluding hydrogens is 609 g/mol. The molecule has 0 fully saturated rings. The summed E-state index contributed by atoms with van der Waals surface area (Å²) in [7, 11) is 0. The van der Waals surface area contributed by atoms with Crippen LogP contribution in [0.5, 0.6) is 0 Å². The molecule has 7 rings (SSSR count). The molecule has 0 amide bonds. The zero-order chi connectivity index (χ0) is 34.3. The normalized spacial score (nSPS) is 11.6. The van der Waals surface area contributed by atoms with Crippen LogP contribution in [0.15, 0.2) is 164 Å². The molecule has 0 radical (unpaired) electrons. The van der Waals surface area contributed by atoms with Gasteiger partial charge in [-0.1, -0.05) is 140 Å². The Bertz CT molecular complexity index is 2230. The molecule has 2 heterocycles. The average molecular weight is 647 g/mol. The number of pyridine rings is 1. The zero-order valence-corrected chi connectivity index (χ0v) is 28.6. The fraction of sp³-hybridized carbons (Fsp3) is 0.0870. The minimum atomic E-state index is 0.627. The van der Waals surface area contributed by atoms with Crippen molar-refractivity contribution in [2.75, 3.05) is 0 Å². The second-order valence-electron chi connectivity index (χ2n) is 12.2. The van der Waals surface area contributed by atoms with E-state index in [1.165, 1.54) is 11.1 Å². The van der Waals surface area contributed by atoms with Gasteiger partial charge < -0.3 is 0 Å². The second-order valence-corrected chi connectivity index (χ2v) is 12.2. The largest absolute Gasteiger partial charge is 0.253 e. The van der Waals surface area contributed by atoms with E-state index in [-0.39, 0.29) is 0 Å². The van der Waals surface area contributed by atoms with Crippen LogP contribution in [0.2, 0.25) is 0 Å². The van der Waals surface area contributed by atoms with Gasteiger partial charge in [-0.3, -0.25) is 4.98 Å². The maximum atomic E-state index is 5.04. The number of allylic oxidation sites excluding steroid dienone is 4. The average Bonchev–Trinajstić information content (AvgIpc) is 3.18. The third-order valence-corrected chi connectivity index (χ3v) is 8.57. The van der Waals surface area contributed by atoms with E-state index in [2.05, 4.69) is 118 Å². The van der Waals surface area contributed by atoms with Crippen LogP contribution in [-0.2, 0) is 0 Å². The van der Waals surface area contributed by atoms with Gasteiger partial charge in [-0.2, -0.15) is 0 Å². The number of aryl methyl sites for hydroxylation is 1. The molecule has 0 aliphatic heterocycles. The molecule has 5 aromatic carbocycles. The summed E-state index contributed by atoms with van der Waals surface area (Å²) in [5.74, 6) is 1.91. The van der Waals surface area contributed by atoms with Gasteiger partial charge in [-0.15, -0.1) is 0 Å². The molecule has 0 aliphatic carbocycles. The molecule has 0 spiro atoms. The first-order valence-corrected chi connectivity index (χ1v) is 17.1. The first-order chi connectivity index (χ1) is 24.6. The van der Waals surface area contributed by atoms with Gasteiger partial charge in [0.2, 0.25) is 0 Å². The van der Waals surface area contributed by atoms with Crippen molar-refractivity contribution in [2.24, 2.45) is 0 Å². The smallest absolute Gasteiger partial charge is 0.164 e. The van der Waals surface area contributed by atoms with Crippen LogP contribution >= 0.6 is 0 Å². The predicted octanol–water partition coefficient (Wildman–Crippen LogP) is 11.9. The van der Waals surface area contributed by atoms with Gasteiger partial charge in [-0.05, 0) is 84.0 Å². The Labute approximate surface area is 294 Å². The lowest BCUT2D eigenvalue weighted by Gasteiger charge is -2.13. The Morgan fingerprint density at radius 1 is 0.480 bits per heavy atom. The number of hydrogen-bond donors (Lipinski definition) is 0. The number of benzene rings is 5. The Balaban J connectivity index is 1.34. The first kappa shape index (κ1) is 32.3. The van der Waals surface area contributed by atoms with E-state index < -0.39 is 0 Å². The summed E-state index contributed by atoms with van der Waals surface area (Å²) in [6.45, 7) is 6.28. The van der Waals surface area contributed by atoms with Gasteiger partial charge in [0.15, 0.2) is 17.5 Å². The molecule has 0 aliphatic rings. The van der Waals surface area contributed by atoms with Crippen molar-refractivity contribution in [1.29, 1.82) is 0 Å². The number of nitrogens with zero attached hydrogens (tertiary/aromatic N) is 4. The lowest BCUT2D eigenvalue weighted by molar-refractivity contribution is 1.07. The summed E-state index contributed by atoms with van der Waals surface area (Å²) < 4.78 is 0. The van der Waals surface area contributed by atoms with Crippen molar-refractivity contribution in [3.8, 4) is 67.7 Å². The summed E-state index contributed by atoms with van der Waals surface area (Å²) >= 11 is 0. The van der Waals surface area contributed by atoms with E-state index in [1.807, 2.05) is 66.7 Å². The third kappa shape index (κ3) is 7.25. The van der Waals surface area contributed by atoms with Crippen molar-refractivity contribution in [2.45, 2.75) is 27.2 Å². The Morgan fingerprint density at radius 2 is 0.940 bits per heavy atom. The molecule has 7 aromatic rings. The van der Waals surface area contributed by atoms with Crippen molar-refractivity contribution in [3.05, 3.63) is 175 Å². The molecule has 0 bridgehead atoms. The van der Waals surface area contributed by atoms with Gasteiger partial charge >= 0.3 is 0 Å². The number of rotatable bonds is 9. The van der Waals surface area contributed by atoms with E-state index >= 15 is 0 Å². The fourth-order valence-corrected chi connectivity index (χ4v) is 6.16. The maximum absolute atomic E-state index is 5.04. The molecule has 0 saturated carbocycles. The zero-order valence-electron chi connectivity index (χ0n) is 28.6. The quantitative estimate of drug-likeness (QED) is 0.146. The van der Waals surface area contributed by atoms with Crippen molar-refractivity contribution in [3.63, 3.8) is 0 Å². The predicted molar refractivity (Wildman–Crippen MR) is 208 cm³/mol. The highest BCUT2D eigenvalue weighted by atomic mass is 15.0. The van der Waals surface area contributed by atoms with Gasteiger partial charge in [-0.25, -0.2) is 15.0 Å². The van der Waals surface area contributed by atoms with E-state index in [1.54, 1.807) is 0 Å². The summed E-state index contributed by atoms with van der Waals surface area (Å²) in [5, 5.41) is 0. The molecule has 2 aromatic heterocycles. The SMILES string of the molecule is C/C=C\C(=C/CC)c1cc(C)nc(-c2ccc(-c3cc(-c4ccccc4)cc(-c4nc(-c5ccccc5)nc(-c5ccccc5)n4)c3)cc2)c1. The number of hydrogen-bond acceptors (Lipinski definition) is 4. The third-order valence-electron chi connectivity index (χ3n) is 8.57. The van der Waals surface area contributed by atoms with Crippen LogP contribution in [0.3, 0.4) is 0 Å². The lowest BCUT2D eigenvalue weighted by Crippen LogP contribution is -2.00. The molecule has 0 unspecified atom stereocenters. The molecule has 0 N–H and O–H groups in total. The van der Waals surface area contributed by atoms with Crippen LogP contribution in [0.4, 0.5) is 0 Å². The minimum Gasteiger partial charge on any atom is -0.253 e. The summed E-state index contributed by atoms with van der Waals surface area (Å²) in [5.41, 5.74) is 12.6. The molecule has 0 saturated heterocycles. The van der Waals surface area contributed by atoms with Crippen molar-refractivity contribution >= 4 is 5.57 Å². The second kappa shape index (κ2) is 14.9. The van der Waals surface area contributed by atoms with E-state index in [9.17, 15) is 0 Å². The molecule has 4 heteroatoms. The monoisotopic (exact) mass is 646 g/mol. The van der Waals surface area contributed by atoms with Crippen LogP contribution in [0.1, 0.15) is 31.5 Å². The highest BCUT2D eigenvalue weighted by Gasteiger charge is 2.15. The van der Waals surface area contributed by atoms with Crippen LogP contribution < -0.4 is 0 Å². The lowest BCUT2D eigenvalue weighted by atomic mass is 9.94. The number of aromatic nitrogens is 4. The van der Waals surface area contributed by atoms with Gasteiger partial charge in [0.25, 0.3) is 0 Å². The van der Waals surface area contributed by atoms with Gasteiger partial charge in [0.05, 0.1) is 5.69 Å². The van der Waals surface area contributed by atoms with Crippen LogP contribution in [-0.4, -0.2) is 19.9 Å². The Morgan fingerprint density at radius 3 is 1.46 bits per heavy atom. The van der Waals surface area contributed by atoms with Gasteiger partial charge in [0.1, 0.15) is 0 Å². The molecule has 4 nitrogen and oxygen atoms in total. The summed E-state index contributed by atoms with van der Waals surface area (Å²) in [6, 6.07) is 50.3. The molecule has 0 atom stereocenters. The van der Waals surface area contributed by atoms with Crippen LogP contribution in [0, 0.1) is 6.92 Å². The standard InChI is InChI=1S/C46H38N4/c1-4-15-33(16-5-2)39-27-32(3)47-43(31-39)36-25-23-35(24-26-36)41-28-40(34-17-9-6-10-18-34)29-42(30-41)46-49-44(37-19-11-7-12-20-37)48-45(50-46)38-21-13-8-14-22-38/h4,6-31H,5H2,1-3H3/b15-4-,33-16+. The topological polar surface area (TPSA) is 51.6 Å². The summed E-state index contributed by atoms with van der Waals surface area (Å²) in [6.07, 6.45) is 7.49. The molecule has 50 heavy (non-hydrogen) atoms. The van der Waals surface area contributed by atoms with Crippen molar-refractivity contribution in [1.82, 2.24) is 19.9 Å². The fourth-order valence-electron chi connectivity index (χ4n) is 6.16. The van der Waals surface area contributed by atoms with Gasteiger partial charge in [0, 0.05) is 27.9 Å². The minimum absolute atomic E-state index is 0.627. The van der Waals surface area contributed by atoms with Crippen LogP contribution in [0.25, 0.3) is 73.2 Å². The van der Waals surface area contributed by atoms with Crippen molar-refractivity contribution < 1.29 is 0 Å². The highest BCUT2D eigenvalue weighted by molar-refractivity contribution is 5.82. The molecular formula is C46H38N4. The Kier molecular flexibility index (Phi) is 9.61. The van der Waals surface area contributed by atoms with E-state index in [0.29, 0.717) is 17.5 Å². The van der Waals surface area contributed by atoms with E-state index in [4.69, 9.17) is 19.9 Å². The van der Waals surface area contributed by atoms with E-state index in [0.717, 1.165) is 62.3 Å².